The van der Waals surface area contributed by atoms with Crippen LogP contribution in [0, 0.1) is 0 Å². The predicted octanol–water partition coefficient (Wildman–Crippen LogP) is 1.06. The number of amides is 1. The third-order valence-electron chi connectivity index (χ3n) is 3.69. The number of halogens is 1. The van der Waals surface area contributed by atoms with Gasteiger partial charge in [-0.15, -0.1) is 12.4 Å². The van der Waals surface area contributed by atoms with E-state index in [2.05, 4.69) is 29.2 Å². The lowest BCUT2D eigenvalue weighted by Gasteiger charge is -2.30. The van der Waals surface area contributed by atoms with Crippen LogP contribution in [0.3, 0.4) is 0 Å². The zero-order valence-corrected chi connectivity index (χ0v) is 13.6. The first kappa shape index (κ1) is 17.1. The van der Waals surface area contributed by atoms with Gasteiger partial charge in [-0.3, -0.25) is 4.79 Å². The lowest BCUT2D eigenvalue weighted by molar-refractivity contribution is -0.132. The van der Waals surface area contributed by atoms with Gasteiger partial charge in [0.2, 0.25) is 5.91 Å². The number of nitrogens with zero attached hydrogens (tertiary/aromatic N) is 2. The van der Waals surface area contributed by atoms with Crippen molar-refractivity contribution in [2.75, 3.05) is 45.2 Å². The van der Waals surface area contributed by atoms with E-state index in [1.807, 2.05) is 11.8 Å². The summed E-state index contributed by atoms with van der Waals surface area (Å²) in [6.07, 6.45) is 3.00. The van der Waals surface area contributed by atoms with Gasteiger partial charge in [-0.05, 0) is 26.9 Å². The van der Waals surface area contributed by atoms with Crippen LogP contribution in [0.4, 0.5) is 0 Å². The fraction of sp³-hybridized carbons (Fsp3) is 0.923. The van der Waals surface area contributed by atoms with Gasteiger partial charge in [0.1, 0.15) is 0 Å². The van der Waals surface area contributed by atoms with Crippen molar-refractivity contribution >= 4 is 30.1 Å². The molecule has 2 atom stereocenters. The van der Waals surface area contributed by atoms with Crippen LogP contribution in [0.15, 0.2) is 0 Å². The van der Waals surface area contributed by atoms with Gasteiger partial charge in [0, 0.05) is 49.6 Å². The van der Waals surface area contributed by atoms with E-state index in [-0.39, 0.29) is 12.4 Å². The Morgan fingerprint density at radius 3 is 2.89 bits per heavy atom. The number of likely N-dealkylation sites (N-methyl/N-ethyl adjacent to an activating group) is 1. The Kier molecular flexibility index (Phi) is 7.50. The maximum absolute atomic E-state index is 12.4. The van der Waals surface area contributed by atoms with Gasteiger partial charge in [-0.25, -0.2) is 0 Å². The molecule has 0 bridgehead atoms. The van der Waals surface area contributed by atoms with Crippen LogP contribution < -0.4 is 5.32 Å². The highest BCUT2D eigenvalue weighted by Gasteiger charge is 2.30. The summed E-state index contributed by atoms with van der Waals surface area (Å²) in [6.45, 7) is 3.00. The molecule has 6 heteroatoms. The second kappa shape index (κ2) is 8.35. The zero-order chi connectivity index (χ0) is 13.0. The number of nitrogens with one attached hydrogen (secondary N) is 1. The van der Waals surface area contributed by atoms with Crippen LogP contribution in [0.5, 0.6) is 0 Å². The van der Waals surface area contributed by atoms with E-state index in [0.29, 0.717) is 24.4 Å². The van der Waals surface area contributed by atoms with E-state index in [0.717, 1.165) is 38.2 Å². The molecule has 0 aliphatic carbocycles. The summed E-state index contributed by atoms with van der Waals surface area (Å²) in [4.78, 5) is 16.7. The van der Waals surface area contributed by atoms with E-state index < -0.39 is 0 Å². The van der Waals surface area contributed by atoms with Crippen molar-refractivity contribution in [1.29, 1.82) is 0 Å². The zero-order valence-electron chi connectivity index (χ0n) is 11.9. The molecule has 2 fully saturated rings. The molecule has 2 unspecified atom stereocenters. The Morgan fingerprint density at radius 2 is 2.26 bits per heavy atom. The second-order valence-electron chi connectivity index (χ2n) is 5.58. The first-order valence-electron chi connectivity index (χ1n) is 6.92. The summed E-state index contributed by atoms with van der Waals surface area (Å²) in [7, 11) is 4.17. The van der Waals surface area contributed by atoms with Crippen molar-refractivity contribution < 1.29 is 4.79 Å². The average molecular weight is 308 g/mol. The normalized spacial score (nSPS) is 27.4. The van der Waals surface area contributed by atoms with Gasteiger partial charge < -0.3 is 15.1 Å². The smallest absolute Gasteiger partial charge is 0.224 e. The maximum Gasteiger partial charge on any atom is 0.224 e. The van der Waals surface area contributed by atoms with Gasteiger partial charge in [0.05, 0.1) is 0 Å². The Labute approximate surface area is 127 Å². The van der Waals surface area contributed by atoms with E-state index in [9.17, 15) is 4.79 Å². The highest BCUT2D eigenvalue weighted by molar-refractivity contribution is 7.99. The van der Waals surface area contributed by atoms with E-state index in [1.165, 1.54) is 5.75 Å². The minimum Gasteiger partial charge on any atom is -0.338 e. The number of carbonyl (C=O) groups is 1. The molecule has 0 radical (unpaired) electrons. The van der Waals surface area contributed by atoms with E-state index in [4.69, 9.17) is 0 Å². The number of likely N-dealkylation sites (tertiary alicyclic amines) is 1. The van der Waals surface area contributed by atoms with Crippen LogP contribution >= 0.6 is 24.2 Å². The van der Waals surface area contributed by atoms with Crippen molar-refractivity contribution in [1.82, 2.24) is 15.1 Å². The number of hydrogen-bond donors (Lipinski definition) is 1. The predicted molar refractivity (Wildman–Crippen MR) is 84.3 cm³/mol. The highest BCUT2D eigenvalue weighted by Crippen LogP contribution is 2.20. The molecular formula is C13H26ClN3OS. The monoisotopic (exact) mass is 307 g/mol. The summed E-state index contributed by atoms with van der Waals surface area (Å²) in [6, 6.07) is 0.820. The lowest BCUT2D eigenvalue weighted by Crippen LogP contribution is -2.46. The Bertz CT molecular complexity index is 285. The largest absolute Gasteiger partial charge is 0.338 e. The minimum absolute atomic E-state index is 0. The number of rotatable bonds is 4. The number of carbonyl (C=O) groups excluding carboxylic acids is 1. The SMILES string of the molecule is CN(C)CC1CCCN1C(=O)CC1CSCCN1.Cl. The molecule has 0 saturated carbocycles. The summed E-state index contributed by atoms with van der Waals surface area (Å²) < 4.78 is 0. The molecule has 4 nitrogen and oxygen atoms in total. The first-order chi connectivity index (χ1) is 8.66. The lowest BCUT2D eigenvalue weighted by atomic mass is 10.1. The molecule has 1 amide bonds. The fourth-order valence-corrected chi connectivity index (χ4v) is 3.80. The summed E-state index contributed by atoms with van der Waals surface area (Å²) in [5, 5.41) is 3.45. The molecule has 2 rings (SSSR count). The Hall–Kier alpha value is 0.0300. The molecular weight excluding hydrogens is 282 g/mol. The summed E-state index contributed by atoms with van der Waals surface area (Å²) in [5.41, 5.74) is 0. The third-order valence-corrected chi connectivity index (χ3v) is 4.82. The van der Waals surface area contributed by atoms with Crippen LogP contribution in [0.1, 0.15) is 19.3 Å². The molecule has 2 heterocycles. The van der Waals surface area contributed by atoms with Crippen LogP contribution in [0.2, 0.25) is 0 Å². The third kappa shape index (κ3) is 5.14. The Balaban J connectivity index is 0.00000180. The van der Waals surface area contributed by atoms with Gasteiger partial charge in [0.25, 0.3) is 0 Å². The maximum atomic E-state index is 12.4. The van der Waals surface area contributed by atoms with Crippen molar-refractivity contribution in [3.8, 4) is 0 Å². The molecule has 0 spiro atoms. The topological polar surface area (TPSA) is 35.6 Å². The molecule has 2 aliphatic heterocycles. The summed E-state index contributed by atoms with van der Waals surface area (Å²) >= 11 is 1.96. The summed E-state index contributed by atoms with van der Waals surface area (Å²) in [5.74, 6) is 2.61. The van der Waals surface area contributed by atoms with Crippen LogP contribution in [-0.4, -0.2) is 73.0 Å². The fourth-order valence-electron chi connectivity index (χ4n) is 2.85. The molecule has 0 aromatic heterocycles. The van der Waals surface area contributed by atoms with Gasteiger partial charge in [-0.1, -0.05) is 0 Å². The Morgan fingerprint density at radius 1 is 1.47 bits per heavy atom. The van der Waals surface area contributed by atoms with Crippen molar-refractivity contribution in [3.63, 3.8) is 0 Å². The highest BCUT2D eigenvalue weighted by atomic mass is 35.5. The molecule has 0 aromatic carbocycles. The van der Waals surface area contributed by atoms with Crippen molar-refractivity contribution in [2.45, 2.75) is 31.3 Å². The number of hydrogen-bond acceptors (Lipinski definition) is 4. The van der Waals surface area contributed by atoms with Gasteiger partial charge in [-0.2, -0.15) is 11.8 Å². The molecule has 2 aliphatic rings. The van der Waals surface area contributed by atoms with Crippen molar-refractivity contribution in [2.24, 2.45) is 0 Å². The second-order valence-corrected chi connectivity index (χ2v) is 6.73. The van der Waals surface area contributed by atoms with Gasteiger partial charge >= 0.3 is 0 Å². The molecule has 1 N–H and O–H groups in total. The van der Waals surface area contributed by atoms with Crippen LogP contribution in [0.25, 0.3) is 0 Å². The molecule has 0 aromatic rings. The first-order valence-corrected chi connectivity index (χ1v) is 8.07. The molecule has 112 valence electrons. The minimum atomic E-state index is 0. The van der Waals surface area contributed by atoms with E-state index in [1.54, 1.807) is 0 Å². The standard InChI is InChI=1S/C13H25N3OS.ClH/c1-15(2)9-12-4-3-6-16(12)13(17)8-11-10-18-7-5-14-11;/h11-12,14H,3-10H2,1-2H3;1H. The molecule has 19 heavy (non-hydrogen) atoms. The molecule has 2 saturated heterocycles. The quantitative estimate of drug-likeness (QED) is 0.842. The van der Waals surface area contributed by atoms with Crippen LogP contribution in [-0.2, 0) is 4.79 Å². The van der Waals surface area contributed by atoms with Crippen molar-refractivity contribution in [3.05, 3.63) is 0 Å². The average Bonchev–Trinajstić information content (AvgIpc) is 2.77. The van der Waals surface area contributed by atoms with E-state index >= 15 is 0 Å². The number of thioether (sulfide) groups is 1. The van der Waals surface area contributed by atoms with Gasteiger partial charge in [0.15, 0.2) is 0 Å².